The molecule has 0 atom stereocenters. The lowest BCUT2D eigenvalue weighted by Gasteiger charge is -2.34. The van der Waals surface area contributed by atoms with Crippen LogP contribution in [0.15, 0.2) is 0 Å². The van der Waals surface area contributed by atoms with Gasteiger partial charge in [-0.3, -0.25) is 0 Å². The van der Waals surface area contributed by atoms with E-state index in [0.717, 1.165) is 0 Å². The van der Waals surface area contributed by atoms with E-state index in [1.807, 2.05) is 0 Å². The van der Waals surface area contributed by atoms with Gasteiger partial charge < -0.3 is 17.7 Å². The zero-order valence-electron chi connectivity index (χ0n) is 5.79. The Bertz CT molecular complexity index is 156. The van der Waals surface area contributed by atoms with Crippen LogP contribution in [-0.4, -0.2) is 18.3 Å². The summed E-state index contributed by atoms with van der Waals surface area (Å²) in [5.74, 6) is 0.349. The van der Waals surface area contributed by atoms with Gasteiger partial charge in [-0.2, -0.15) is 13.2 Å². The van der Waals surface area contributed by atoms with Crippen LogP contribution in [0.25, 0.3) is 0 Å². The SMILES string of the molecule is FC(F)(F)C12CC(C[NH2+]1)C2.[Cl-]. The van der Waals surface area contributed by atoms with Crippen LogP contribution in [0.3, 0.4) is 0 Å². The molecule has 3 fully saturated rings. The van der Waals surface area contributed by atoms with Gasteiger partial charge in [0, 0.05) is 18.8 Å². The Balaban J connectivity index is 0.000000605. The molecule has 2 saturated heterocycles. The Morgan fingerprint density at radius 3 is 2.00 bits per heavy atom. The largest absolute Gasteiger partial charge is 1.00 e. The Kier molecular flexibility index (Phi) is 1.88. The molecule has 1 nitrogen and oxygen atoms in total. The summed E-state index contributed by atoms with van der Waals surface area (Å²) in [6.45, 7) is 0.680. The van der Waals surface area contributed by atoms with Crippen molar-refractivity contribution in [3.05, 3.63) is 0 Å². The molecule has 2 N–H and O–H groups in total. The zero-order valence-corrected chi connectivity index (χ0v) is 6.54. The van der Waals surface area contributed by atoms with E-state index in [2.05, 4.69) is 0 Å². The number of rotatable bonds is 0. The van der Waals surface area contributed by atoms with E-state index in [9.17, 15) is 13.2 Å². The van der Waals surface area contributed by atoms with Crippen LogP contribution in [-0.2, 0) is 0 Å². The van der Waals surface area contributed by atoms with E-state index in [0.29, 0.717) is 25.3 Å². The summed E-state index contributed by atoms with van der Waals surface area (Å²) < 4.78 is 36.5. The Morgan fingerprint density at radius 1 is 1.27 bits per heavy atom. The molecule has 0 aromatic rings. The number of quaternary nitrogens is 1. The molecule has 0 aromatic heterocycles. The number of alkyl halides is 3. The van der Waals surface area contributed by atoms with Crippen LogP contribution < -0.4 is 17.7 Å². The highest BCUT2D eigenvalue weighted by atomic mass is 35.5. The Morgan fingerprint density at radius 2 is 1.82 bits per heavy atom. The molecule has 3 rings (SSSR count). The number of hydrogen-bond acceptors (Lipinski definition) is 0. The van der Waals surface area contributed by atoms with Gasteiger partial charge in [0.15, 0.2) is 5.54 Å². The van der Waals surface area contributed by atoms with E-state index in [1.165, 1.54) is 5.32 Å². The van der Waals surface area contributed by atoms with Crippen molar-refractivity contribution in [2.75, 3.05) is 6.54 Å². The summed E-state index contributed by atoms with van der Waals surface area (Å²) in [6, 6.07) is 0. The predicted octanol–water partition coefficient (Wildman–Crippen LogP) is -2.72. The third kappa shape index (κ3) is 1.04. The summed E-state index contributed by atoms with van der Waals surface area (Å²) in [4.78, 5) is 0. The second kappa shape index (κ2) is 2.26. The maximum Gasteiger partial charge on any atom is 0.444 e. The number of nitrogens with two attached hydrogens (primary N) is 1. The van der Waals surface area contributed by atoms with Crippen molar-refractivity contribution < 1.29 is 30.9 Å². The first-order valence-corrected chi connectivity index (χ1v) is 3.45. The Hall–Kier alpha value is 0.0400. The van der Waals surface area contributed by atoms with Crippen molar-refractivity contribution >= 4 is 0 Å². The maximum atomic E-state index is 12.2. The second-order valence-electron chi connectivity index (χ2n) is 3.37. The number of halogens is 4. The molecule has 2 heterocycles. The molecule has 0 spiro atoms. The predicted molar refractivity (Wildman–Crippen MR) is 28.3 cm³/mol. The second-order valence-corrected chi connectivity index (χ2v) is 3.37. The highest BCUT2D eigenvalue weighted by Gasteiger charge is 2.70. The molecule has 0 aromatic carbocycles. The van der Waals surface area contributed by atoms with Crippen molar-refractivity contribution in [1.29, 1.82) is 0 Å². The lowest BCUT2D eigenvalue weighted by molar-refractivity contribution is -0.724. The molecule has 0 unspecified atom stereocenters. The molecule has 5 heteroatoms. The average molecular weight is 188 g/mol. The normalized spacial score (nSPS) is 41.2. The van der Waals surface area contributed by atoms with Gasteiger partial charge >= 0.3 is 6.18 Å². The maximum absolute atomic E-state index is 12.2. The van der Waals surface area contributed by atoms with Gasteiger partial charge in [0.25, 0.3) is 0 Å². The fraction of sp³-hybridized carbons (Fsp3) is 1.00. The highest BCUT2D eigenvalue weighted by Crippen LogP contribution is 2.48. The van der Waals surface area contributed by atoms with Crippen LogP contribution in [0, 0.1) is 5.92 Å². The Labute approximate surface area is 68.8 Å². The van der Waals surface area contributed by atoms with Crippen LogP contribution >= 0.6 is 0 Å². The average Bonchev–Trinajstić information content (AvgIpc) is 2.08. The number of hydrogen-bond donors (Lipinski definition) is 1. The van der Waals surface area contributed by atoms with Crippen molar-refractivity contribution in [2.24, 2.45) is 5.92 Å². The van der Waals surface area contributed by atoms with Crippen molar-refractivity contribution in [1.82, 2.24) is 0 Å². The molecular formula is C6H9ClF3N. The minimum absolute atomic E-state index is 0. The van der Waals surface area contributed by atoms with Crippen molar-refractivity contribution in [2.45, 2.75) is 24.6 Å². The van der Waals surface area contributed by atoms with Gasteiger partial charge in [-0.25, -0.2) is 0 Å². The standard InChI is InChI=1S/C6H8F3N.ClH/c7-6(8,9)5-1-4(2-5)3-10-5;/h4,10H,1-3H2;1H. The molecule has 1 saturated carbocycles. The first kappa shape index (κ1) is 9.13. The van der Waals surface area contributed by atoms with Gasteiger partial charge in [-0.15, -0.1) is 0 Å². The molecule has 0 radical (unpaired) electrons. The van der Waals surface area contributed by atoms with Gasteiger partial charge in [-0.05, 0) is 0 Å². The van der Waals surface area contributed by atoms with Gasteiger partial charge in [0.1, 0.15) is 0 Å². The van der Waals surface area contributed by atoms with E-state index in [4.69, 9.17) is 0 Å². The highest BCUT2D eigenvalue weighted by molar-refractivity contribution is 5.02. The monoisotopic (exact) mass is 187 g/mol. The van der Waals surface area contributed by atoms with Crippen molar-refractivity contribution in [3.63, 3.8) is 0 Å². The van der Waals surface area contributed by atoms with E-state index in [1.54, 1.807) is 0 Å². The molecule has 2 bridgehead atoms. The minimum Gasteiger partial charge on any atom is -1.00 e. The summed E-state index contributed by atoms with van der Waals surface area (Å²) in [5, 5.41) is 1.46. The van der Waals surface area contributed by atoms with Gasteiger partial charge in [-0.1, -0.05) is 0 Å². The van der Waals surface area contributed by atoms with Crippen molar-refractivity contribution in [3.8, 4) is 0 Å². The van der Waals surface area contributed by atoms with E-state index in [-0.39, 0.29) is 12.4 Å². The molecule has 0 amide bonds. The van der Waals surface area contributed by atoms with Gasteiger partial charge in [0.2, 0.25) is 0 Å². The van der Waals surface area contributed by atoms with E-state index >= 15 is 0 Å². The van der Waals surface area contributed by atoms with Crippen LogP contribution in [0.2, 0.25) is 0 Å². The lowest BCUT2D eigenvalue weighted by atomic mass is 9.73. The number of fused-ring (bicyclic) bond motifs is 1. The summed E-state index contributed by atoms with van der Waals surface area (Å²) in [6.07, 6.45) is -3.26. The van der Waals surface area contributed by atoms with Crippen LogP contribution in [0.5, 0.6) is 0 Å². The van der Waals surface area contributed by atoms with Gasteiger partial charge in [0.05, 0.1) is 6.54 Å². The summed E-state index contributed by atoms with van der Waals surface area (Å²) >= 11 is 0. The fourth-order valence-corrected chi connectivity index (χ4v) is 2.04. The molecule has 2 aliphatic heterocycles. The smallest absolute Gasteiger partial charge is 0.444 e. The first-order chi connectivity index (χ1) is 4.54. The lowest BCUT2D eigenvalue weighted by Crippen LogP contribution is -3.00. The van der Waals surface area contributed by atoms with Crippen LogP contribution in [0.1, 0.15) is 12.8 Å². The molecule has 66 valence electrons. The van der Waals surface area contributed by atoms with E-state index < -0.39 is 11.7 Å². The third-order valence-corrected chi connectivity index (χ3v) is 2.71. The third-order valence-electron chi connectivity index (χ3n) is 2.71. The summed E-state index contributed by atoms with van der Waals surface area (Å²) in [7, 11) is 0. The zero-order chi connectivity index (χ0) is 7.41. The topological polar surface area (TPSA) is 16.6 Å². The summed E-state index contributed by atoms with van der Waals surface area (Å²) in [5.41, 5.74) is -1.35. The minimum atomic E-state index is -3.97. The first-order valence-electron chi connectivity index (χ1n) is 3.45. The molecule has 3 aliphatic rings. The quantitative estimate of drug-likeness (QED) is 0.425. The fourth-order valence-electron chi connectivity index (χ4n) is 2.04. The van der Waals surface area contributed by atoms with Crippen LogP contribution in [0.4, 0.5) is 13.2 Å². The molecule has 1 aliphatic carbocycles. The molecular weight excluding hydrogens is 179 g/mol. The molecule has 11 heavy (non-hydrogen) atoms.